The van der Waals surface area contributed by atoms with Crippen molar-refractivity contribution >= 4 is 0 Å². The van der Waals surface area contributed by atoms with Crippen molar-refractivity contribution in [3.8, 4) is 0 Å². The number of rotatable bonds is 5. The fraction of sp³-hybridized carbons (Fsp3) is 1.00. The zero-order chi connectivity index (χ0) is 12.4. The first-order valence-electron chi connectivity index (χ1n) is 7.61. The van der Waals surface area contributed by atoms with Crippen LogP contribution in [0.3, 0.4) is 0 Å². The standard InChI is InChI=1S/C15H30N2/c1-4-14(5-2)11-17(12-14)13-15(6-3)8-7-9-16-10-15/h16H,4-13H2,1-3H3. The van der Waals surface area contributed by atoms with Gasteiger partial charge in [0, 0.05) is 26.2 Å². The number of likely N-dealkylation sites (tertiary alicyclic amines) is 1. The van der Waals surface area contributed by atoms with Crippen LogP contribution in [0, 0.1) is 10.8 Å². The predicted molar refractivity (Wildman–Crippen MR) is 74.3 cm³/mol. The summed E-state index contributed by atoms with van der Waals surface area (Å²) in [5, 5.41) is 3.60. The Morgan fingerprint density at radius 3 is 2.12 bits per heavy atom. The number of piperidine rings is 1. The Bertz CT molecular complexity index is 231. The average molecular weight is 238 g/mol. The molecule has 0 saturated carbocycles. The van der Waals surface area contributed by atoms with Crippen LogP contribution in [-0.4, -0.2) is 37.6 Å². The van der Waals surface area contributed by atoms with Crippen molar-refractivity contribution in [1.29, 1.82) is 0 Å². The summed E-state index contributed by atoms with van der Waals surface area (Å²) in [4.78, 5) is 2.71. The minimum Gasteiger partial charge on any atom is -0.316 e. The van der Waals surface area contributed by atoms with Gasteiger partial charge in [0.15, 0.2) is 0 Å². The van der Waals surface area contributed by atoms with E-state index in [1.807, 2.05) is 0 Å². The Morgan fingerprint density at radius 1 is 1.00 bits per heavy atom. The fourth-order valence-corrected chi connectivity index (χ4v) is 3.76. The van der Waals surface area contributed by atoms with Crippen molar-refractivity contribution in [3.63, 3.8) is 0 Å². The van der Waals surface area contributed by atoms with E-state index in [0.29, 0.717) is 10.8 Å². The first kappa shape index (κ1) is 13.4. The van der Waals surface area contributed by atoms with Crippen LogP contribution in [0.1, 0.15) is 52.9 Å². The Labute approximate surface area is 107 Å². The second kappa shape index (κ2) is 5.27. The van der Waals surface area contributed by atoms with Gasteiger partial charge in [0.1, 0.15) is 0 Å². The van der Waals surface area contributed by atoms with Crippen LogP contribution in [0.2, 0.25) is 0 Å². The summed E-state index contributed by atoms with van der Waals surface area (Å²) >= 11 is 0. The molecule has 0 aromatic rings. The van der Waals surface area contributed by atoms with Gasteiger partial charge in [0.2, 0.25) is 0 Å². The van der Waals surface area contributed by atoms with Gasteiger partial charge in [-0.1, -0.05) is 20.8 Å². The molecular formula is C15H30N2. The monoisotopic (exact) mass is 238 g/mol. The molecule has 2 fully saturated rings. The molecule has 0 aliphatic carbocycles. The Morgan fingerprint density at radius 2 is 1.65 bits per heavy atom. The lowest BCUT2D eigenvalue weighted by Crippen LogP contribution is -2.60. The molecule has 2 aliphatic rings. The summed E-state index contributed by atoms with van der Waals surface area (Å²) < 4.78 is 0. The van der Waals surface area contributed by atoms with Crippen LogP contribution in [0.25, 0.3) is 0 Å². The van der Waals surface area contributed by atoms with E-state index in [1.165, 1.54) is 64.8 Å². The molecule has 0 amide bonds. The first-order valence-corrected chi connectivity index (χ1v) is 7.61. The van der Waals surface area contributed by atoms with Crippen LogP contribution >= 0.6 is 0 Å². The summed E-state index contributed by atoms with van der Waals surface area (Å²) in [6.45, 7) is 13.6. The third-order valence-electron chi connectivity index (χ3n) is 5.49. The molecule has 0 spiro atoms. The second-order valence-electron chi connectivity index (χ2n) is 6.49. The summed E-state index contributed by atoms with van der Waals surface area (Å²) in [5.74, 6) is 0. The van der Waals surface area contributed by atoms with E-state index in [9.17, 15) is 0 Å². The first-order chi connectivity index (χ1) is 8.17. The van der Waals surface area contributed by atoms with Gasteiger partial charge in [0.25, 0.3) is 0 Å². The summed E-state index contributed by atoms with van der Waals surface area (Å²) in [7, 11) is 0. The third-order valence-corrected chi connectivity index (χ3v) is 5.49. The summed E-state index contributed by atoms with van der Waals surface area (Å²) in [6, 6.07) is 0. The number of hydrogen-bond donors (Lipinski definition) is 1. The molecule has 1 N–H and O–H groups in total. The van der Waals surface area contributed by atoms with E-state index >= 15 is 0 Å². The molecule has 2 saturated heterocycles. The maximum Gasteiger partial charge on any atom is 0.00505 e. The van der Waals surface area contributed by atoms with Crippen molar-refractivity contribution in [2.45, 2.75) is 52.9 Å². The van der Waals surface area contributed by atoms with Gasteiger partial charge in [-0.3, -0.25) is 0 Å². The zero-order valence-corrected chi connectivity index (χ0v) is 12.0. The summed E-state index contributed by atoms with van der Waals surface area (Å²) in [6.07, 6.45) is 6.85. The molecule has 0 aromatic carbocycles. The van der Waals surface area contributed by atoms with Crippen LogP contribution in [0.4, 0.5) is 0 Å². The van der Waals surface area contributed by atoms with Gasteiger partial charge in [-0.2, -0.15) is 0 Å². The maximum atomic E-state index is 3.60. The number of nitrogens with zero attached hydrogens (tertiary/aromatic N) is 1. The lowest BCUT2D eigenvalue weighted by molar-refractivity contribution is -0.0397. The molecule has 2 aliphatic heterocycles. The van der Waals surface area contributed by atoms with E-state index in [4.69, 9.17) is 0 Å². The van der Waals surface area contributed by atoms with Crippen molar-refractivity contribution in [2.24, 2.45) is 10.8 Å². The lowest BCUT2D eigenvalue weighted by Gasteiger charge is -2.53. The van der Waals surface area contributed by atoms with Gasteiger partial charge in [0.05, 0.1) is 0 Å². The van der Waals surface area contributed by atoms with Gasteiger partial charge in [-0.05, 0) is 49.5 Å². The molecule has 0 aromatic heterocycles. The quantitative estimate of drug-likeness (QED) is 0.792. The molecule has 1 unspecified atom stereocenters. The lowest BCUT2D eigenvalue weighted by atomic mass is 9.71. The minimum atomic E-state index is 0.575. The molecule has 100 valence electrons. The van der Waals surface area contributed by atoms with E-state index in [2.05, 4.69) is 31.0 Å². The fourth-order valence-electron chi connectivity index (χ4n) is 3.76. The minimum absolute atomic E-state index is 0.575. The number of hydrogen-bond acceptors (Lipinski definition) is 2. The van der Waals surface area contributed by atoms with Crippen molar-refractivity contribution < 1.29 is 0 Å². The highest BCUT2D eigenvalue weighted by molar-refractivity contribution is 4.97. The van der Waals surface area contributed by atoms with Crippen molar-refractivity contribution in [2.75, 3.05) is 32.7 Å². The second-order valence-corrected chi connectivity index (χ2v) is 6.49. The molecule has 0 bridgehead atoms. The van der Waals surface area contributed by atoms with Crippen molar-refractivity contribution in [3.05, 3.63) is 0 Å². The molecule has 2 heteroatoms. The van der Waals surface area contributed by atoms with E-state index in [1.54, 1.807) is 0 Å². The molecule has 2 rings (SSSR count). The zero-order valence-electron chi connectivity index (χ0n) is 12.0. The molecule has 2 heterocycles. The van der Waals surface area contributed by atoms with Gasteiger partial charge < -0.3 is 10.2 Å². The highest BCUT2D eigenvalue weighted by atomic mass is 15.2. The summed E-state index contributed by atoms with van der Waals surface area (Å²) in [5.41, 5.74) is 1.24. The third kappa shape index (κ3) is 2.68. The van der Waals surface area contributed by atoms with Crippen molar-refractivity contribution in [1.82, 2.24) is 10.2 Å². The highest BCUT2D eigenvalue weighted by Gasteiger charge is 2.43. The topological polar surface area (TPSA) is 15.3 Å². The normalized spacial score (nSPS) is 33.4. The maximum absolute atomic E-state index is 3.60. The van der Waals surface area contributed by atoms with Crippen LogP contribution in [0.15, 0.2) is 0 Å². The van der Waals surface area contributed by atoms with Crippen LogP contribution < -0.4 is 5.32 Å². The number of nitrogens with one attached hydrogen (secondary N) is 1. The Kier molecular flexibility index (Phi) is 4.14. The Hall–Kier alpha value is -0.0800. The molecule has 0 radical (unpaired) electrons. The molecule has 17 heavy (non-hydrogen) atoms. The van der Waals surface area contributed by atoms with E-state index in [0.717, 1.165) is 0 Å². The highest BCUT2D eigenvalue weighted by Crippen LogP contribution is 2.40. The largest absolute Gasteiger partial charge is 0.316 e. The SMILES string of the molecule is CCC1(CN2CC(CC)(CC)C2)CCCNC1. The smallest absolute Gasteiger partial charge is 0.00505 e. The van der Waals surface area contributed by atoms with Crippen LogP contribution in [-0.2, 0) is 0 Å². The predicted octanol–water partition coefficient (Wildman–Crippen LogP) is 2.89. The van der Waals surface area contributed by atoms with Gasteiger partial charge >= 0.3 is 0 Å². The molecule has 1 atom stereocenters. The van der Waals surface area contributed by atoms with Gasteiger partial charge in [-0.15, -0.1) is 0 Å². The molecular weight excluding hydrogens is 208 g/mol. The average Bonchev–Trinajstić information content (AvgIpc) is 2.34. The van der Waals surface area contributed by atoms with Gasteiger partial charge in [-0.25, -0.2) is 0 Å². The van der Waals surface area contributed by atoms with E-state index in [-0.39, 0.29) is 0 Å². The molecule has 2 nitrogen and oxygen atoms in total. The van der Waals surface area contributed by atoms with Crippen LogP contribution in [0.5, 0.6) is 0 Å². The Balaban J connectivity index is 1.85. The van der Waals surface area contributed by atoms with E-state index < -0.39 is 0 Å².